The Morgan fingerprint density at radius 1 is 1.13 bits per heavy atom. The van der Waals surface area contributed by atoms with Crippen LogP contribution in [0.25, 0.3) is 0 Å². The third kappa shape index (κ3) is 5.30. The highest BCUT2D eigenvalue weighted by Gasteiger charge is 2.10. The smallest absolute Gasteiger partial charge is 0.303 e. The Bertz CT molecular complexity index is 715. The van der Waals surface area contributed by atoms with Crippen LogP contribution in [0, 0.1) is 0 Å². The molecule has 2 N–H and O–H groups in total. The number of aromatic nitrogens is 1. The minimum absolute atomic E-state index is 0.0750. The summed E-state index contributed by atoms with van der Waals surface area (Å²) in [5.74, 6) is -1.37. The van der Waals surface area contributed by atoms with Gasteiger partial charge in [0, 0.05) is 17.1 Å². The van der Waals surface area contributed by atoms with Crippen molar-refractivity contribution in [2.75, 3.05) is 0 Å². The monoisotopic (exact) mass is 375 g/mol. The van der Waals surface area contributed by atoms with Crippen molar-refractivity contribution in [1.29, 1.82) is 0 Å². The number of nitrogens with one attached hydrogen (secondary N) is 1. The molecular weight excluding hydrogens is 362 g/mol. The summed E-state index contributed by atoms with van der Waals surface area (Å²) in [5.41, 5.74) is 3.89. The first-order chi connectivity index (χ1) is 11.1. The van der Waals surface area contributed by atoms with Crippen LogP contribution in [-0.4, -0.2) is 27.7 Å². The van der Waals surface area contributed by atoms with Gasteiger partial charge in [-0.1, -0.05) is 34.1 Å². The molecule has 6 nitrogen and oxygen atoms in total. The van der Waals surface area contributed by atoms with Crippen LogP contribution in [0.5, 0.6) is 0 Å². The van der Waals surface area contributed by atoms with Gasteiger partial charge in [-0.2, -0.15) is 5.10 Å². The largest absolute Gasteiger partial charge is 0.481 e. The molecule has 0 saturated carbocycles. The van der Waals surface area contributed by atoms with Gasteiger partial charge in [0.15, 0.2) is 0 Å². The van der Waals surface area contributed by atoms with E-state index in [9.17, 15) is 9.59 Å². The maximum absolute atomic E-state index is 12.0. The molecule has 0 bridgehead atoms. The van der Waals surface area contributed by atoms with E-state index >= 15 is 0 Å². The molecule has 0 unspecified atom stereocenters. The van der Waals surface area contributed by atoms with Crippen LogP contribution >= 0.6 is 15.9 Å². The Morgan fingerprint density at radius 3 is 2.48 bits per heavy atom. The molecule has 0 aliphatic carbocycles. The summed E-state index contributed by atoms with van der Waals surface area (Å²) in [6.07, 6.45) is 1.65. The van der Waals surface area contributed by atoms with Crippen molar-refractivity contribution in [3.63, 3.8) is 0 Å². The molecule has 1 aromatic carbocycles. The number of nitrogens with zero attached hydrogens (tertiary/aromatic N) is 2. The number of hydrogen-bond acceptors (Lipinski definition) is 4. The number of amides is 1. The predicted molar refractivity (Wildman–Crippen MR) is 89.3 cm³/mol. The van der Waals surface area contributed by atoms with Crippen LogP contribution in [0.15, 0.2) is 58.2 Å². The van der Waals surface area contributed by atoms with E-state index in [2.05, 4.69) is 31.4 Å². The summed E-state index contributed by atoms with van der Waals surface area (Å²) in [5, 5.41) is 12.9. The van der Waals surface area contributed by atoms with E-state index in [1.807, 2.05) is 12.1 Å². The highest BCUT2D eigenvalue weighted by Crippen LogP contribution is 2.13. The van der Waals surface area contributed by atoms with Gasteiger partial charge >= 0.3 is 5.97 Å². The van der Waals surface area contributed by atoms with Crippen LogP contribution in [-0.2, 0) is 4.79 Å². The fraction of sp³-hybridized carbons (Fsp3) is 0.125. The SMILES string of the molecule is O=C(O)CC/C(=N/NC(=O)c1ccccn1)c1ccc(Br)cc1. The van der Waals surface area contributed by atoms with Crippen molar-refractivity contribution in [3.05, 3.63) is 64.4 Å². The lowest BCUT2D eigenvalue weighted by atomic mass is 10.1. The number of carbonyl (C=O) groups excluding carboxylic acids is 1. The number of aliphatic carboxylic acids is 1. The maximum atomic E-state index is 12.0. The molecule has 1 amide bonds. The highest BCUT2D eigenvalue weighted by molar-refractivity contribution is 9.10. The van der Waals surface area contributed by atoms with Crippen molar-refractivity contribution >= 4 is 33.5 Å². The van der Waals surface area contributed by atoms with E-state index in [1.165, 1.54) is 6.20 Å². The predicted octanol–water partition coefficient (Wildman–Crippen LogP) is 2.84. The summed E-state index contributed by atoms with van der Waals surface area (Å²) < 4.78 is 0.899. The fourth-order valence-corrected chi connectivity index (χ4v) is 2.07. The second kappa shape index (κ2) is 8.19. The molecule has 0 fully saturated rings. The third-order valence-electron chi connectivity index (χ3n) is 2.94. The average molecular weight is 376 g/mol. The van der Waals surface area contributed by atoms with E-state index in [-0.39, 0.29) is 18.5 Å². The summed E-state index contributed by atoms with van der Waals surface area (Å²) in [7, 11) is 0. The summed E-state index contributed by atoms with van der Waals surface area (Å²) in [6.45, 7) is 0. The zero-order chi connectivity index (χ0) is 16.7. The number of rotatable bonds is 6. The number of hydrogen-bond donors (Lipinski definition) is 2. The van der Waals surface area contributed by atoms with E-state index in [0.717, 1.165) is 10.0 Å². The number of pyridine rings is 1. The zero-order valence-corrected chi connectivity index (χ0v) is 13.7. The Hall–Kier alpha value is -2.54. The molecule has 0 atom stereocenters. The zero-order valence-electron chi connectivity index (χ0n) is 12.1. The molecule has 118 valence electrons. The van der Waals surface area contributed by atoms with Crippen molar-refractivity contribution in [3.8, 4) is 0 Å². The fourth-order valence-electron chi connectivity index (χ4n) is 1.80. The Kier molecular flexibility index (Phi) is 5.99. The molecule has 23 heavy (non-hydrogen) atoms. The van der Waals surface area contributed by atoms with Gasteiger partial charge in [-0.05, 0) is 29.8 Å². The van der Waals surface area contributed by atoms with E-state index < -0.39 is 11.9 Å². The van der Waals surface area contributed by atoms with Gasteiger partial charge in [0.25, 0.3) is 5.91 Å². The van der Waals surface area contributed by atoms with E-state index in [4.69, 9.17) is 5.11 Å². The summed E-state index contributed by atoms with van der Waals surface area (Å²) >= 11 is 3.34. The van der Waals surface area contributed by atoms with Crippen molar-refractivity contribution in [1.82, 2.24) is 10.4 Å². The minimum Gasteiger partial charge on any atom is -0.481 e. The second-order valence-electron chi connectivity index (χ2n) is 4.62. The van der Waals surface area contributed by atoms with Crippen LogP contribution < -0.4 is 5.43 Å². The lowest BCUT2D eigenvalue weighted by molar-refractivity contribution is -0.136. The lowest BCUT2D eigenvalue weighted by Gasteiger charge is -2.07. The van der Waals surface area contributed by atoms with Crippen LogP contribution in [0.3, 0.4) is 0 Å². The number of halogens is 1. The van der Waals surface area contributed by atoms with E-state index in [0.29, 0.717) is 5.71 Å². The van der Waals surface area contributed by atoms with Crippen LogP contribution in [0.4, 0.5) is 0 Å². The molecular formula is C16H14BrN3O3. The van der Waals surface area contributed by atoms with Gasteiger partial charge in [0.2, 0.25) is 0 Å². The third-order valence-corrected chi connectivity index (χ3v) is 3.47. The molecule has 0 spiro atoms. The van der Waals surface area contributed by atoms with Gasteiger partial charge in [-0.3, -0.25) is 14.6 Å². The first-order valence-corrected chi connectivity index (χ1v) is 7.61. The quantitative estimate of drug-likeness (QED) is 0.599. The highest BCUT2D eigenvalue weighted by atomic mass is 79.9. The molecule has 0 aliphatic rings. The number of carboxylic acids is 1. The molecule has 0 saturated heterocycles. The average Bonchev–Trinajstić information content (AvgIpc) is 2.56. The van der Waals surface area contributed by atoms with Crippen molar-refractivity contribution in [2.24, 2.45) is 5.10 Å². The van der Waals surface area contributed by atoms with E-state index in [1.54, 1.807) is 30.3 Å². The summed E-state index contributed by atoms with van der Waals surface area (Å²) in [4.78, 5) is 26.7. The van der Waals surface area contributed by atoms with Gasteiger partial charge in [0.05, 0.1) is 12.1 Å². The molecule has 0 radical (unpaired) electrons. The minimum atomic E-state index is -0.925. The van der Waals surface area contributed by atoms with Crippen molar-refractivity contribution in [2.45, 2.75) is 12.8 Å². The van der Waals surface area contributed by atoms with Crippen LogP contribution in [0.2, 0.25) is 0 Å². The summed E-state index contributed by atoms with van der Waals surface area (Å²) in [6, 6.07) is 12.2. The Morgan fingerprint density at radius 2 is 1.87 bits per heavy atom. The molecule has 2 rings (SSSR count). The van der Waals surface area contributed by atoms with Gasteiger partial charge in [-0.15, -0.1) is 0 Å². The lowest BCUT2D eigenvalue weighted by Crippen LogP contribution is -2.21. The molecule has 1 aromatic heterocycles. The molecule has 1 heterocycles. The number of hydrazone groups is 1. The topological polar surface area (TPSA) is 91.6 Å². The van der Waals surface area contributed by atoms with Gasteiger partial charge in [-0.25, -0.2) is 5.43 Å². The number of benzene rings is 1. The first kappa shape index (κ1) is 16.8. The normalized spacial score (nSPS) is 11.1. The van der Waals surface area contributed by atoms with Crippen molar-refractivity contribution < 1.29 is 14.7 Å². The molecule has 2 aromatic rings. The van der Waals surface area contributed by atoms with Crippen LogP contribution in [0.1, 0.15) is 28.9 Å². The maximum Gasteiger partial charge on any atom is 0.303 e. The Labute approximate surface area is 141 Å². The van der Waals surface area contributed by atoms with Gasteiger partial charge < -0.3 is 5.11 Å². The molecule has 7 heteroatoms. The van der Waals surface area contributed by atoms with Gasteiger partial charge in [0.1, 0.15) is 5.69 Å². The standard InChI is InChI=1S/C16H14BrN3O3/c17-12-6-4-11(5-7-12)13(8-9-15(21)22)19-20-16(23)14-3-1-2-10-18-14/h1-7,10H,8-9H2,(H,20,23)(H,21,22)/b19-13-. The number of carboxylic acid groups (broad SMARTS) is 1. The second-order valence-corrected chi connectivity index (χ2v) is 5.53. The Balaban J connectivity index is 2.17. The first-order valence-electron chi connectivity index (χ1n) is 6.82. The molecule has 0 aliphatic heterocycles. The number of carbonyl (C=O) groups is 2.